The van der Waals surface area contributed by atoms with Gasteiger partial charge in [-0.2, -0.15) is 0 Å². The smallest absolute Gasteiger partial charge is 0.323 e. The van der Waals surface area contributed by atoms with Crippen LogP contribution in [0.4, 0.5) is 0 Å². The fourth-order valence-corrected chi connectivity index (χ4v) is 0.423. The molecule has 0 radical (unpaired) electrons. The predicted molar refractivity (Wildman–Crippen MR) is 32.2 cm³/mol. The van der Waals surface area contributed by atoms with Crippen LogP contribution in [0.3, 0.4) is 0 Å². The molecule has 0 aliphatic heterocycles. The molecule has 10 heavy (non-hydrogen) atoms. The lowest BCUT2D eigenvalue weighted by molar-refractivity contribution is -0.147. The normalized spacial score (nSPS) is 12.2. The maximum absolute atomic E-state index is 10.4. The van der Waals surface area contributed by atoms with Gasteiger partial charge in [0.05, 0.1) is 13.5 Å². The number of hydrogen-bond donors (Lipinski definition) is 2. The van der Waals surface area contributed by atoms with Crippen LogP contribution in [0.25, 0.3) is 0 Å². The Morgan fingerprint density at radius 3 is 2.50 bits per heavy atom. The van der Waals surface area contributed by atoms with E-state index in [9.17, 15) is 9.59 Å². The van der Waals surface area contributed by atoms with Crippen molar-refractivity contribution in [3.8, 4) is 0 Å². The first-order chi connectivity index (χ1) is 4.57. The Balaban J connectivity index is 3.72. The van der Waals surface area contributed by atoms with Gasteiger partial charge in [-0.1, -0.05) is 0 Å². The molecule has 1 atom stereocenters. The third-order valence-corrected chi connectivity index (χ3v) is 0.898. The number of methoxy groups -OCH3 is 1. The van der Waals surface area contributed by atoms with Crippen LogP contribution in [0.1, 0.15) is 6.42 Å². The molecular weight excluding hydrogens is 138 g/mol. The van der Waals surface area contributed by atoms with Crippen molar-refractivity contribution in [1.82, 2.24) is 0 Å². The van der Waals surface area contributed by atoms with Gasteiger partial charge in [0.15, 0.2) is 0 Å². The SMILES string of the molecule is COC(=O)C(N)CC(=O)O. The summed E-state index contributed by atoms with van der Waals surface area (Å²) in [6, 6.07) is -1.05. The van der Waals surface area contributed by atoms with Gasteiger partial charge in [0.1, 0.15) is 6.04 Å². The average Bonchev–Trinajstić information content (AvgIpc) is 1.85. The monoisotopic (exact) mass is 147 g/mol. The minimum Gasteiger partial charge on any atom is -0.481 e. The minimum atomic E-state index is -1.11. The van der Waals surface area contributed by atoms with Crippen molar-refractivity contribution in [1.29, 1.82) is 0 Å². The third kappa shape index (κ3) is 3.03. The first kappa shape index (κ1) is 8.90. The molecule has 5 nitrogen and oxygen atoms in total. The first-order valence-corrected chi connectivity index (χ1v) is 2.63. The lowest BCUT2D eigenvalue weighted by Crippen LogP contribution is -2.33. The van der Waals surface area contributed by atoms with Crippen molar-refractivity contribution in [2.24, 2.45) is 5.73 Å². The number of ether oxygens (including phenoxy) is 1. The summed E-state index contributed by atoms with van der Waals surface area (Å²) in [6.07, 6.45) is -0.396. The van der Waals surface area contributed by atoms with Gasteiger partial charge in [0.25, 0.3) is 0 Å². The highest BCUT2D eigenvalue weighted by Gasteiger charge is 2.16. The number of aliphatic carboxylic acids is 1. The number of nitrogens with two attached hydrogens (primary N) is 1. The number of esters is 1. The van der Waals surface area contributed by atoms with E-state index in [-0.39, 0.29) is 0 Å². The van der Waals surface area contributed by atoms with Crippen LogP contribution in [-0.2, 0) is 14.3 Å². The summed E-state index contributed by atoms with van der Waals surface area (Å²) < 4.78 is 4.19. The Morgan fingerprint density at radius 1 is 1.70 bits per heavy atom. The van der Waals surface area contributed by atoms with E-state index in [0.717, 1.165) is 7.11 Å². The molecular formula is C5H9NO4. The number of carbonyl (C=O) groups is 2. The summed E-state index contributed by atoms with van der Waals surface area (Å²) in [5.74, 6) is -1.82. The van der Waals surface area contributed by atoms with Crippen LogP contribution in [0.2, 0.25) is 0 Å². The maximum Gasteiger partial charge on any atom is 0.323 e. The summed E-state index contributed by atoms with van der Waals surface area (Å²) in [4.78, 5) is 20.4. The van der Waals surface area contributed by atoms with E-state index < -0.39 is 24.4 Å². The van der Waals surface area contributed by atoms with Gasteiger partial charge < -0.3 is 15.6 Å². The molecule has 0 amide bonds. The van der Waals surface area contributed by atoms with Crippen LogP contribution in [0.5, 0.6) is 0 Å². The van der Waals surface area contributed by atoms with Gasteiger partial charge in [-0.05, 0) is 0 Å². The second-order valence-electron chi connectivity index (χ2n) is 1.73. The van der Waals surface area contributed by atoms with Crippen molar-refractivity contribution in [3.63, 3.8) is 0 Å². The molecule has 0 aromatic carbocycles. The molecule has 0 spiro atoms. The van der Waals surface area contributed by atoms with Crippen LogP contribution in [-0.4, -0.2) is 30.2 Å². The van der Waals surface area contributed by atoms with Crippen molar-refractivity contribution >= 4 is 11.9 Å². The molecule has 0 aliphatic rings. The van der Waals surface area contributed by atoms with Crippen molar-refractivity contribution in [3.05, 3.63) is 0 Å². The zero-order chi connectivity index (χ0) is 8.15. The van der Waals surface area contributed by atoms with E-state index >= 15 is 0 Å². The second kappa shape index (κ2) is 3.84. The Bertz CT molecular complexity index is 145. The first-order valence-electron chi connectivity index (χ1n) is 2.63. The Labute approximate surface area is 57.8 Å². The van der Waals surface area contributed by atoms with Gasteiger partial charge in [0.2, 0.25) is 0 Å². The van der Waals surface area contributed by atoms with E-state index in [1.807, 2.05) is 0 Å². The fourth-order valence-electron chi connectivity index (χ4n) is 0.423. The van der Waals surface area contributed by atoms with Crippen LogP contribution >= 0.6 is 0 Å². The molecule has 0 aromatic rings. The maximum atomic E-state index is 10.4. The van der Waals surface area contributed by atoms with E-state index in [0.29, 0.717) is 0 Å². The van der Waals surface area contributed by atoms with Gasteiger partial charge in [-0.3, -0.25) is 9.59 Å². The Kier molecular flexibility index (Phi) is 3.42. The van der Waals surface area contributed by atoms with Crippen LogP contribution in [0, 0.1) is 0 Å². The molecule has 0 fully saturated rings. The van der Waals surface area contributed by atoms with E-state index in [2.05, 4.69) is 4.74 Å². The quantitative estimate of drug-likeness (QED) is 0.498. The summed E-state index contributed by atoms with van der Waals surface area (Å²) in [6.45, 7) is 0. The molecule has 0 aromatic heterocycles. The summed E-state index contributed by atoms with van der Waals surface area (Å²) in [5.41, 5.74) is 5.07. The van der Waals surface area contributed by atoms with Gasteiger partial charge in [-0.15, -0.1) is 0 Å². The second-order valence-corrected chi connectivity index (χ2v) is 1.73. The standard InChI is InChI=1S/C5H9NO4/c1-10-5(9)3(6)2-4(7)8/h3H,2,6H2,1H3,(H,7,8). The summed E-state index contributed by atoms with van der Waals surface area (Å²) in [5, 5.41) is 8.14. The fraction of sp³-hybridized carbons (Fsp3) is 0.600. The molecule has 0 heterocycles. The number of rotatable bonds is 3. The highest BCUT2D eigenvalue weighted by molar-refractivity contribution is 5.81. The molecule has 0 rings (SSSR count). The number of carbonyl (C=O) groups excluding carboxylic acids is 1. The molecule has 3 N–H and O–H groups in total. The number of carboxylic acid groups (broad SMARTS) is 1. The zero-order valence-electron chi connectivity index (χ0n) is 5.53. The van der Waals surface area contributed by atoms with E-state index in [1.54, 1.807) is 0 Å². The van der Waals surface area contributed by atoms with Gasteiger partial charge in [0, 0.05) is 0 Å². The molecule has 0 saturated heterocycles. The molecule has 5 heteroatoms. The average molecular weight is 147 g/mol. The van der Waals surface area contributed by atoms with E-state index in [4.69, 9.17) is 10.8 Å². The molecule has 58 valence electrons. The summed E-state index contributed by atoms with van der Waals surface area (Å²) >= 11 is 0. The largest absolute Gasteiger partial charge is 0.481 e. The Hall–Kier alpha value is -1.10. The summed E-state index contributed by atoms with van der Waals surface area (Å²) in [7, 11) is 1.16. The molecule has 0 aliphatic carbocycles. The number of carboxylic acids is 1. The van der Waals surface area contributed by atoms with Crippen LogP contribution in [0.15, 0.2) is 0 Å². The van der Waals surface area contributed by atoms with Gasteiger partial charge in [-0.25, -0.2) is 0 Å². The molecule has 0 saturated carbocycles. The van der Waals surface area contributed by atoms with Crippen molar-refractivity contribution in [2.75, 3.05) is 7.11 Å². The third-order valence-electron chi connectivity index (χ3n) is 0.898. The molecule has 0 bridgehead atoms. The molecule has 1 unspecified atom stereocenters. The van der Waals surface area contributed by atoms with E-state index in [1.165, 1.54) is 0 Å². The topological polar surface area (TPSA) is 89.6 Å². The van der Waals surface area contributed by atoms with Crippen molar-refractivity contribution < 1.29 is 19.4 Å². The van der Waals surface area contributed by atoms with Crippen LogP contribution < -0.4 is 5.73 Å². The Morgan fingerprint density at radius 2 is 2.20 bits per heavy atom. The lowest BCUT2D eigenvalue weighted by atomic mass is 10.2. The highest BCUT2D eigenvalue weighted by Crippen LogP contribution is 1.89. The zero-order valence-corrected chi connectivity index (χ0v) is 5.53. The van der Waals surface area contributed by atoms with Crippen molar-refractivity contribution in [2.45, 2.75) is 12.5 Å². The minimum absolute atomic E-state index is 0.396. The lowest BCUT2D eigenvalue weighted by Gasteiger charge is -2.04. The highest BCUT2D eigenvalue weighted by atomic mass is 16.5. The predicted octanol–water partition coefficient (Wildman–Crippen LogP) is -1.04. The number of hydrogen-bond acceptors (Lipinski definition) is 4. The van der Waals surface area contributed by atoms with Gasteiger partial charge >= 0.3 is 11.9 Å².